The van der Waals surface area contributed by atoms with Crippen LogP contribution in [0.4, 0.5) is 0 Å². The first-order chi connectivity index (χ1) is 9.65. The highest BCUT2D eigenvalue weighted by Gasteiger charge is 2.15. The summed E-state index contributed by atoms with van der Waals surface area (Å²) >= 11 is 0. The van der Waals surface area contributed by atoms with Crippen molar-refractivity contribution in [1.29, 1.82) is 5.26 Å². The monoisotopic (exact) mass is 290 g/mol. The average Bonchev–Trinajstić information content (AvgIpc) is 2.35. The second-order valence-electron chi connectivity index (χ2n) is 5.93. The quantitative estimate of drug-likeness (QED) is 0.739. The Balaban J connectivity index is 2.79. The molecule has 0 aliphatic rings. The molecule has 21 heavy (non-hydrogen) atoms. The van der Waals surface area contributed by atoms with Gasteiger partial charge in [0.05, 0.1) is 0 Å². The molecule has 4 N–H and O–H groups in total. The Hall–Kier alpha value is -2.13. The van der Waals surface area contributed by atoms with E-state index in [4.69, 9.17) is 11.0 Å². The number of hydrogen-bond donors (Lipinski definition) is 3. The van der Waals surface area contributed by atoms with Crippen LogP contribution in [0, 0.1) is 25.2 Å². The van der Waals surface area contributed by atoms with Gasteiger partial charge < -0.3 is 16.0 Å². The molecule has 0 fully saturated rings. The van der Waals surface area contributed by atoms with Crippen LogP contribution in [0.25, 0.3) is 0 Å². The maximum absolute atomic E-state index is 11.8. The molecule has 0 spiro atoms. The van der Waals surface area contributed by atoms with Crippen molar-refractivity contribution in [3.63, 3.8) is 0 Å². The molecule has 6 nitrogen and oxygen atoms in total. The van der Waals surface area contributed by atoms with Gasteiger partial charge in [-0.05, 0) is 45.2 Å². The van der Waals surface area contributed by atoms with Gasteiger partial charge in [-0.25, -0.2) is 0 Å². The minimum Gasteiger partial charge on any atom is -0.354 e. The molecule has 1 amide bonds. The highest BCUT2D eigenvalue weighted by molar-refractivity contribution is 5.76. The molecule has 6 heteroatoms. The lowest BCUT2D eigenvalue weighted by Crippen LogP contribution is -2.45. The number of amides is 1. The van der Waals surface area contributed by atoms with Gasteiger partial charge in [0.2, 0.25) is 5.91 Å². The average molecular weight is 290 g/mol. The van der Waals surface area contributed by atoms with Crippen molar-refractivity contribution in [3.8, 4) is 6.07 Å². The van der Waals surface area contributed by atoms with Gasteiger partial charge in [0, 0.05) is 24.2 Å². The largest absolute Gasteiger partial charge is 0.354 e. The third-order valence-electron chi connectivity index (χ3n) is 3.26. The first-order valence-electron chi connectivity index (χ1n) is 6.83. The molecule has 0 saturated heterocycles. The molecule has 0 atom stereocenters. The molecule has 1 heterocycles. The summed E-state index contributed by atoms with van der Waals surface area (Å²) in [6.45, 7) is 7.58. The third kappa shape index (κ3) is 4.72. The van der Waals surface area contributed by atoms with Gasteiger partial charge in [-0.15, -0.1) is 0 Å². The Labute approximate surface area is 124 Å². The van der Waals surface area contributed by atoms with E-state index in [1.807, 2.05) is 19.9 Å². The van der Waals surface area contributed by atoms with Gasteiger partial charge >= 0.3 is 0 Å². The summed E-state index contributed by atoms with van der Waals surface area (Å²) in [6.07, 6.45) is 0.759. The van der Waals surface area contributed by atoms with Crippen LogP contribution in [0.3, 0.4) is 0 Å². The number of pyridine rings is 1. The van der Waals surface area contributed by atoms with E-state index in [0.29, 0.717) is 24.2 Å². The van der Waals surface area contributed by atoms with Crippen LogP contribution >= 0.6 is 0 Å². The SMILES string of the molecule is Cc1[nH]c(=O)c(C#N)c(C)c1CCC(=O)NCC(C)(C)N. The number of H-pyrrole nitrogens is 1. The minimum atomic E-state index is -0.451. The van der Waals surface area contributed by atoms with Crippen LogP contribution < -0.4 is 16.6 Å². The first-order valence-corrected chi connectivity index (χ1v) is 6.83. The molecule has 1 rings (SSSR count). The zero-order chi connectivity index (χ0) is 16.2. The second kappa shape index (κ2) is 6.55. The van der Waals surface area contributed by atoms with Gasteiger partial charge in [-0.2, -0.15) is 5.26 Å². The number of nitrogens with one attached hydrogen (secondary N) is 2. The maximum Gasteiger partial charge on any atom is 0.266 e. The lowest BCUT2D eigenvalue weighted by molar-refractivity contribution is -0.121. The maximum atomic E-state index is 11.8. The smallest absolute Gasteiger partial charge is 0.266 e. The third-order valence-corrected chi connectivity index (χ3v) is 3.26. The number of nitrogens with two attached hydrogens (primary N) is 1. The van der Waals surface area contributed by atoms with E-state index < -0.39 is 5.54 Å². The zero-order valence-corrected chi connectivity index (χ0v) is 13.0. The Morgan fingerprint density at radius 1 is 1.43 bits per heavy atom. The molecule has 0 aliphatic heterocycles. The summed E-state index contributed by atoms with van der Waals surface area (Å²) in [5.74, 6) is -0.1000. The fourth-order valence-corrected chi connectivity index (χ4v) is 2.07. The van der Waals surface area contributed by atoms with Crippen LogP contribution in [0.5, 0.6) is 0 Å². The summed E-state index contributed by atoms with van der Waals surface area (Å²) in [6, 6.07) is 1.90. The number of aromatic amines is 1. The summed E-state index contributed by atoms with van der Waals surface area (Å²) in [5.41, 5.74) is 7.26. The number of hydrogen-bond acceptors (Lipinski definition) is 4. The number of carbonyl (C=O) groups excluding carboxylic acids is 1. The molecule has 0 unspecified atom stereocenters. The topological polar surface area (TPSA) is 112 Å². The molecule has 0 radical (unpaired) electrons. The zero-order valence-electron chi connectivity index (χ0n) is 13.0. The number of carbonyl (C=O) groups is 1. The van der Waals surface area contributed by atoms with E-state index in [9.17, 15) is 9.59 Å². The minimum absolute atomic E-state index is 0.1000. The van der Waals surface area contributed by atoms with Crippen LogP contribution in [0.2, 0.25) is 0 Å². The van der Waals surface area contributed by atoms with Crippen molar-refractivity contribution in [2.24, 2.45) is 5.73 Å². The van der Waals surface area contributed by atoms with Crippen molar-refractivity contribution < 1.29 is 4.79 Å². The molecule has 0 aromatic carbocycles. The van der Waals surface area contributed by atoms with E-state index in [1.54, 1.807) is 13.8 Å². The summed E-state index contributed by atoms with van der Waals surface area (Å²) in [4.78, 5) is 26.1. The Morgan fingerprint density at radius 3 is 2.57 bits per heavy atom. The fourth-order valence-electron chi connectivity index (χ4n) is 2.07. The Bertz CT molecular complexity index is 633. The number of aromatic nitrogens is 1. The van der Waals surface area contributed by atoms with Crippen molar-refractivity contribution in [3.05, 3.63) is 32.7 Å². The fraction of sp³-hybridized carbons (Fsp3) is 0.533. The Kier molecular flexibility index (Phi) is 5.28. The predicted octanol–water partition coefficient (Wildman–Crippen LogP) is 0.650. The van der Waals surface area contributed by atoms with Crippen LogP contribution in [0.15, 0.2) is 4.79 Å². The first kappa shape index (κ1) is 16.9. The molecular formula is C15H22N4O2. The number of nitriles is 1. The molecule has 0 bridgehead atoms. The summed E-state index contributed by atoms with van der Waals surface area (Å²) in [7, 11) is 0. The van der Waals surface area contributed by atoms with Gasteiger partial charge in [-0.3, -0.25) is 9.59 Å². The van der Waals surface area contributed by atoms with Crippen molar-refractivity contribution in [2.45, 2.75) is 46.1 Å². The van der Waals surface area contributed by atoms with Gasteiger partial charge in [0.25, 0.3) is 5.56 Å². The molecule has 0 aliphatic carbocycles. The molecule has 1 aromatic rings. The lowest BCUT2D eigenvalue weighted by atomic mass is 9.99. The van der Waals surface area contributed by atoms with Crippen LogP contribution in [-0.2, 0) is 11.2 Å². The predicted molar refractivity (Wildman–Crippen MR) is 80.8 cm³/mol. The van der Waals surface area contributed by atoms with Crippen molar-refractivity contribution >= 4 is 5.91 Å². The van der Waals surface area contributed by atoms with Gasteiger partial charge in [-0.1, -0.05) is 0 Å². The van der Waals surface area contributed by atoms with E-state index in [2.05, 4.69) is 10.3 Å². The standard InChI is InChI=1S/C15H22N4O2/c1-9-11(10(2)19-14(21)12(9)7-16)5-6-13(20)18-8-15(3,4)17/h5-6,8,17H2,1-4H3,(H,18,20)(H,19,21). The van der Waals surface area contributed by atoms with E-state index in [1.165, 1.54) is 0 Å². The Morgan fingerprint density at radius 2 is 2.05 bits per heavy atom. The molecule has 0 saturated carbocycles. The second-order valence-corrected chi connectivity index (χ2v) is 5.93. The molecule has 1 aromatic heterocycles. The van der Waals surface area contributed by atoms with Gasteiger partial charge in [0.1, 0.15) is 11.6 Å². The van der Waals surface area contributed by atoms with E-state index in [-0.39, 0.29) is 23.5 Å². The number of rotatable bonds is 5. The van der Waals surface area contributed by atoms with Crippen LogP contribution in [-0.4, -0.2) is 23.0 Å². The molecule has 114 valence electrons. The van der Waals surface area contributed by atoms with Gasteiger partial charge in [0.15, 0.2) is 0 Å². The van der Waals surface area contributed by atoms with Crippen molar-refractivity contribution in [1.82, 2.24) is 10.3 Å². The van der Waals surface area contributed by atoms with E-state index >= 15 is 0 Å². The number of nitrogens with zero attached hydrogens (tertiary/aromatic N) is 1. The summed E-state index contributed by atoms with van der Waals surface area (Å²) in [5, 5.41) is 11.8. The lowest BCUT2D eigenvalue weighted by Gasteiger charge is -2.19. The van der Waals surface area contributed by atoms with Crippen molar-refractivity contribution in [2.75, 3.05) is 6.54 Å². The highest BCUT2D eigenvalue weighted by atomic mass is 16.1. The number of aryl methyl sites for hydroxylation is 1. The van der Waals surface area contributed by atoms with E-state index in [0.717, 1.165) is 5.56 Å². The molecular weight excluding hydrogens is 268 g/mol. The normalized spacial score (nSPS) is 11.0. The highest BCUT2D eigenvalue weighted by Crippen LogP contribution is 2.14. The van der Waals surface area contributed by atoms with Crippen LogP contribution in [0.1, 0.15) is 42.7 Å². The summed E-state index contributed by atoms with van der Waals surface area (Å²) < 4.78 is 0.